The minimum atomic E-state index is -3.49. The number of primary amides is 1. The quantitative estimate of drug-likeness (QED) is 0.231. The summed E-state index contributed by atoms with van der Waals surface area (Å²) in [5.41, 5.74) is 11.0. The average Bonchev–Trinajstić information content (AvgIpc) is 3.56. The van der Waals surface area contributed by atoms with Crippen LogP contribution in [0.4, 0.5) is 0 Å². The van der Waals surface area contributed by atoms with Gasteiger partial charge in [0.2, 0.25) is 5.91 Å². The van der Waals surface area contributed by atoms with E-state index in [9.17, 15) is 13.2 Å². The van der Waals surface area contributed by atoms with Crippen LogP contribution in [0.3, 0.4) is 0 Å². The third-order valence-corrected chi connectivity index (χ3v) is 8.06. The van der Waals surface area contributed by atoms with Gasteiger partial charge in [0.05, 0.1) is 4.90 Å². The van der Waals surface area contributed by atoms with E-state index < -0.39 is 26.9 Å². The van der Waals surface area contributed by atoms with Crippen LogP contribution in [-0.4, -0.2) is 52.3 Å². The molecule has 1 amide bonds. The Hall–Kier alpha value is -4.91. The zero-order chi connectivity index (χ0) is 28.0. The molecule has 0 saturated heterocycles. The van der Waals surface area contributed by atoms with Gasteiger partial charge in [0.1, 0.15) is 17.9 Å². The number of nitrogens with two attached hydrogens (primary N) is 2. The second-order valence-electron chi connectivity index (χ2n) is 9.26. The normalized spacial score (nSPS) is 20.7. The van der Waals surface area contributed by atoms with Crippen molar-refractivity contribution in [3.8, 4) is 11.1 Å². The van der Waals surface area contributed by atoms with Crippen LogP contribution in [0, 0.1) is 10.8 Å². The predicted molar refractivity (Wildman–Crippen MR) is 142 cm³/mol. The number of amidine groups is 1. The Labute approximate surface area is 223 Å². The van der Waals surface area contributed by atoms with E-state index in [-0.39, 0.29) is 16.4 Å². The number of amides is 1. The molecule has 5 rings (SSSR count). The van der Waals surface area contributed by atoms with E-state index in [4.69, 9.17) is 21.7 Å². The maximum atomic E-state index is 13.3. The van der Waals surface area contributed by atoms with Crippen LogP contribution in [0.1, 0.15) is 23.6 Å². The van der Waals surface area contributed by atoms with E-state index in [2.05, 4.69) is 20.7 Å². The molecule has 0 radical (unpaired) electrons. The van der Waals surface area contributed by atoms with Crippen LogP contribution in [-0.2, 0) is 25.2 Å². The number of nitrogens with zero attached hydrogens (tertiary/aromatic N) is 5. The molecule has 5 N–H and O–H groups in total. The Morgan fingerprint density at radius 2 is 1.72 bits per heavy atom. The van der Waals surface area contributed by atoms with Gasteiger partial charge in [0, 0.05) is 28.5 Å². The number of hydrogen-bond acceptors (Lipinski definition) is 9. The molecule has 1 aromatic heterocycles. The van der Waals surface area contributed by atoms with Crippen molar-refractivity contribution in [2.24, 2.45) is 22.0 Å². The number of nitrogen functional groups attached to an aromatic ring is 1. The first-order valence-corrected chi connectivity index (χ1v) is 13.5. The molecule has 0 fully saturated rings. The molecule has 12 nitrogen and oxygen atoms in total. The van der Waals surface area contributed by atoms with Crippen molar-refractivity contribution in [3.63, 3.8) is 0 Å². The molecule has 0 saturated carbocycles. The van der Waals surface area contributed by atoms with Crippen molar-refractivity contribution >= 4 is 27.3 Å². The number of sulfone groups is 1. The van der Waals surface area contributed by atoms with Crippen LogP contribution in [0.5, 0.6) is 0 Å². The molecule has 4 aromatic rings. The topological polar surface area (TPSA) is 192 Å². The SMILES string of the molecule is CC1(C(N)=O)C(c2cccc(C(=N)N)c2)=NOC1(c1ccc(-c2ccccc2S(C)(=O)=O)cc1)n1cnnn1. The lowest BCUT2D eigenvalue weighted by Crippen LogP contribution is -2.58. The zero-order valence-corrected chi connectivity index (χ0v) is 21.8. The summed E-state index contributed by atoms with van der Waals surface area (Å²) in [7, 11) is -3.49. The van der Waals surface area contributed by atoms with Crippen LogP contribution in [0.25, 0.3) is 11.1 Å². The van der Waals surface area contributed by atoms with Crippen LogP contribution < -0.4 is 11.5 Å². The highest BCUT2D eigenvalue weighted by Crippen LogP contribution is 2.51. The molecule has 2 unspecified atom stereocenters. The highest BCUT2D eigenvalue weighted by Gasteiger charge is 2.66. The van der Waals surface area contributed by atoms with E-state index in [0.717, 1.165) is 6.26 Å². The number of oxime groups is 1. The Morgan fingerprint density at radius 1 is 1.00 bits per heavy atom. The van der Waals surface area contributed by atoms with E-state index in [1.165, 1.54) is 11.0 Å². The standard InChI is InChI=1S/C26H24N8O4S/c1-25(24(29)35)22(17-6-5-7-18(14-17)23(27)28)31-38-26(25,34-15-30-32-33-34)19-12-10-16(11-13-19)20-8-3-4-9-21(20)39(2,36)37/h3-15H,1-2H3,(H3,27,28)(H2,29,35). The van der Waals surface area contributed by atoms with Gasteiger partial charge in [-0.3, -0.25) is 10.2 Å². The first kappa shape index (κ1) is 25.7. The van der Waals surface area contributed by atoms with Crippen LogP contribution in [0.2, 0.25) is 0 Å². The molecule has 0 aliphatic carbocycles. The molecule has 13 heteroatoms. The number of nitrogens with one attached hydrogen (secondary N) is 1. The number of aromatic nitrogens is 4. The van der Waals surface area contributed by atoms with Gasteiger partial charge in [0.25, 0.3) is 5.72 Å². The fourth-order valence-electron chi connectivity index (χ4n) is 4.87. The summed E-state index contributed by atoms with van der Waals surface area (Å²) >= 11 is 0. The highest BCUT2D eigenvalue weighted by atomic mass is 32.2. The molecule has 0 bridgehead atoms. The van der Waals surface area contributed by atoms with Gasteiger partial charge in [-0.05, 0) is 35.0 Å². The smallest absolute Gasteiger partial charge is 0.276 e. The summed E-state index contributed by atoms with van der Waals surface area (Å²) in [6, 6.07) is 20.1. The molecule has 2 atom stereocenters. The number of benzene rings is 3. The maximum Gasteiger partial charge on any atom is 0.276 e. The minimum Gasteiger partial charge on any atom is -0.384 e. The van der Waals surface area contributed by atoms with Gasteiger partial charge in [-0.15, -0.1) is 5.10 Å². The average molecular weight is 545 g/mol. The first-order chi connectivity index (χ1) is 18.5. The fourth-order valence-corrected chi connectivity index (χ4v) is 5.78. The Bertz CT molecular complexity index is 1740. The molecule has 198 valence electrons. The zero-order valence-electron chi connectivity index (χ0n) is 20.9. The minimum absolute atomic E-state index is 0.158. The Morgan fingerprint density at radius 3 is 2.33 bits per heavy atom. The lowest BCUT2D eigenvalue weighted by Gasteiger charge is -2.38. The lowest BCUT2D eigenvalue weighted by molar-refractivity contribution is -0.150. The Kier molecular flexibility index (Phi) is 6.02. The largest absolute Gasteiger partial charge is 0.384 e. The second-order valence-corrected chi connectivity index (χ2v) is 11.2. The molecule has 0 spiro atoms. The summed E-state index contributed by atoms with van der Waals surface area (Å²) in [5.74, 6) is -0.928. The molecule has 39 heavy (non-hydrogen) atoms. The molecule has 1 aliphatic heterocycles. The summed E-state index contributed by atoms with van der Waals surface area (Å²) in [6.45, 7) is 1.58. The number of carbonyl (C=O) groups excluding carboxylic acids is 1. The molecule has 1 aliphatic rings. The van der Waals surface area contributed by atoms with Gasteiger partial charge < -0.3 is 16.3 Å². The van der Waals surface area contributed by atoms with Gasteiger partial charge in [-0.25, -0.2) is 8.42 Å². The lowest BCUT2D eigenvalue weighted by atomic mass is 9.69. The van der Waals surface area contributed by atoms with E-state index in [1.54, 1.807) is 79.7 Å². The summed E-state index contributed by atoms with van der Waals surface area (Å²) < 4.78 is 26.0. The van der Waals surface area contributed by atoms with E-state index in [0.29, 0.717) is 27.8 Å². The van der Waals surface area contributed by atoms with Gasteiger partial charge in [0.15, 0.2) is 15.3 Å². The monoisotopic (exact) mass is 544 g/mol. The van der Waals surface area contributed by atoms with Crippen molar-refractivity contribution in [3.05, 3.63) is 95.8 Å². The van der Waals surface area contributed by atoms with Gasteiger partial charge in [-0.2, -0.15) is 4.68 Å². The number of hydrogen-bond donors (Lipinski definition) is 3. The second kappa shape index (κ2) is 9.13. The number of rotatable bonds is 7. The maximum absolute atomic E-state index is 13.3. The van der Waals surface area contributed by atoms with Crippen LogP contribution in [0.15, 0.2) is 89.2 Å². The fraction of sp³-hybridized carbons (Fsp3) is 0.154. The van der Waals surface area contributed by atoms with Crippen molar-refractivity contribution in [2.75, 3.05) is 6.26 Å². The van der Waals surface area contributed by atoms with Gasteiger partial charge in [-0.1, -0.05) is 65.8 Å². The van der Waals surface area contributed by atoms with E-state index in [1.807, 2.05) is 0 Å². The van der Waals surface area contributed by atoms with Crippen molar-refractivity contribution in [1.82, 2.24) is 20.2 Å². The number of carbonyl (C=O) groups is 1. The highest BCUT2D eigenvalue weighted by molar-refractivity contribution is 7.90. The van der Waals surface area contributed by atoms with E-state index >= 15 is 0 Å². The summed E-state index contributed by atoms with van der Waals surface area (Å²) in [4.78, 5) is 19.5. The van der Waals surface area contributed by atoms with Crippen LogP contribution >= 0.6 is 0 Å². The summed E-state index contributed by atoms with van der Waals surface area (Å²) in [5, 5.41) is 23.6. The molecular weight excluding hydrogens is 520 g/mol. The predicted octanol–water partition coefficient (Wildman–Crippen LogP) is 1.65. The van der Waals surface area contributed by atoms with Crippen molar-refractivity contribution in [2.45, 2.75) is 17.5 Å². The van der Waals surface area contributed by atoms with Crippen molar-refractivity contribution in [1.29, 1.82) is 5.41 Å². The third kappa shape index (κ3) is 3.94. The first-order valence-electron chi connectivity index (χ1n) is 11.6. The van der Waals surface area contributed by atoms with Crippen molar-refractivity contribution < 1.29 is 18.0 Å². The third-order valence-electron chi connectivity index (χ3n) is 6.91. The molecule has 3 aromatic carbocycles. The number of tetrazole rings is 1. The van der Waals surface area contributed by atoms with Gasteiger partial charge >= 0.3 is 0 Å². The Balaban J connectivity index is 1.69. The molecular formula is C26H24N8O4S. The molecule has 2 heterocycles. The summed E-state index contributed by atoms with van der Waals surface area (Å²) in [6.07, 6.45) is 2.44.